The first kappa shape index (κ1) is 17.3. The van der Waals surface area contributed by atoms with Gasteiger partial charge in [-0.1, -0.05) is 18.2 Å². The minimum absolute atomic E-state index is 0.0598. The van der Waals surface area contributed by atoms with E-state index in [1.165, 1.54) is 25.1 Å². The number of anilines is 1. The van der Waals surface area contributed by atoms with Crippen LogP contribution in [0.15, 0.2) is 42.5 Å². The Hall–Kier alpha value is -3.48. The van der Waals surface area contributed by atoms with E-state index in [0.29, 0.717) is 5.69 Å². The lowest BCUT2D eigenvalue weighted by Gasteiger charge is -2.16. The summed E-state index contributed by atoms with van der Waals surface area (Å²) < 4.78 is 4.93. The van der Waals surface area contributed by atoms with Crippen LogP contribution in [-0.4, -0.2) is 29.8 Å². The zero-order valence-corrected chi connectivity index (χ0v) is 14.2. The van der Waals surface area contributed by atoms with E-state index in [9.17, 15) is 19.2 Å². The Labute approximate surface area is 149 Å². The number of nitrogens with two attached hydrogens (primary N) is 1. The van der Waals surface area contributed by atoms with E-state index in [1.54, 1.807) is 25.1 Å². The van der Waals surface area contributed by atoms with Crippen LogP contribution in [0.3, 0.4) is 0 Å². The van der Waals surface area contributed by atoms with Crippen LogP contribution < -0.4 is 10.6 Å². The molecule has 0 saturated carbocycles. The third-order valence-electron chi connectivity index (χ3n) is 4.16. The molecule has 1 aliphatic rings. The van der Waals surface area contributed by atoms with Crippen LogP contribution >= 0.6 is 0 Å². The first-order chi connectivity index (χ1) is 12.3. The van der Waals surface area contributed by atoms with Crippen molar-refractivity contribution in [3.8, 4) is 0 Å². The minimum Gasteiger partial charge on any atom is -0.449 e. The molecule has 2 aromatic rings. The number of primary amides is 1. The lowest BCUT2D eigenvalue weighted by Crippen LogP contribution is -2.30. The smallest absolute Gasteiger partial charge is 0.338 e. The average Bonchev–Trinajstić information content (AvgIpc) is 2.86. The number of para-hydroxylation sites is 1. The Morgan fingerprint density at radius 1 is 1.04 bits per heavy atom. The Kier molecular flexibility index (Phi) is 4.29. The van der Waals surface area contributed by atoms with Gasteiger partial charge in [-0.05, 0) is 43.7 Å². The van der Waals surface area contributed by atoms with Crippen molar-refractivity contribution in [2.75, 3.05) is 4.90 Å². The molecular formula is C19H16N2O5. The third kappa shape index (κ3) is 2.83. The fourth-order valence-electron chi connectivity index (χ4n) is 2.69. The van der Waals surface area contributed by atoms with E-state index in [-0.39, 0.29) is 16.7 Å². The molecule has 2 aromatic carbocycles. The molecule has 26 heavy (non-hydrogen) atoms. The highest BCUT2D eigenvalue weighted by molar-refractivity contribution is 6.34. The summed E-state index contributed by atoms with van der Waals surface area (Å²) in [6.07, 6.45) is -1.10. The molecule has 1 aliphatic heterocycles. The van der Waals surface area contributed by atoms with Gasteiger partial charge in [0.05, 0.1) is 22.4 Å². The van der Waals surface area contributed by atoms with E-state index in [1.807, 2.05) is 6.07 Å². The van der Waals surface area contributed by atoms with E-state index in [0.717, 1.165) is 10.5 Å². The molecule has 3 amide bonds. The van der Waals surface area contributed by atoms with Crippen molar-refractivity contribution in [2.24, 2.45) is 5.73 Å². The van der Waals surface area contributed by atoms with Crippen molar-refractivity contribution in [1.82, 2.24) is 0 Å². The predicted molar refractivity (Wildman–Crippen MR) is 92.8 cm³/mol. The van der Waals surface area contributed by atoms with Gasteiger partial charge in [0.25, 0.3) is 17.7 Å². The largest absolute Gasteiger partial charge is 0.449 e. The van der Waals surface area contributed by atoms with E-state index >= 15 is 0 Å². The zero-order valence-electron chi connectivity index (χ0n) is 14.2. The van der Waals surface area contributed by atoms with Crippen molar-refractivity contribution < 1.29 is 23.9 Å². The molecule has 7 nitrogen and oxygen atoms in total. The van der Waals surface area contributed by atoms with E-state index in [2.05, 4.69) is 0 Å². The number of hydrogen-bond donors (Lipinski definition) is 1. The molecule has 0 saturated heterocycles. The minimum atomic E-state index is -1.10. The van der Waals surface area contributed by atoms with Gasteiger partial charge in [-0.2, -0.15) is 0 Å². The molecular weight excluding hydrogens is 336 g/mol. The molecule has 0 radical (unpaired) electrons. The number of rotatable bonds is 4. The second-order valence-electron chi connectivity index (χ2n) is 5.94. The van der Waals surface area contributed by atoms with Gasteiger partial charge in [-0.3, -0.25) is 14.4 Å². The monoisotopic (exact) mass is 352 g/mol. The summed E-state index contributed by atoms with van der Waals surface area (Å²) in [6.45, 7) is 3.15. The third-order valence-corrected chi connectivity index (χ3v) is 4.16. The summed E-state index contributed by atoms with van der Waals surface area (Å²) in [7, 11) is 0. The maximum Gasteiger partial charge on any atom is 0.338 e. The number of amides is 3. The summed E-state index contributed by atoms with van der Waals surface area (Å²) in [4.78, 5) is 49.6. The molecule has 132 valence electrons. The fourth-order valence-corrected chi connectivity index (χ4v) is 2.69. The number of ether oxygens (including phenoxy) is 1. The molecule has 2 N–H and O–H groups in total. The second-order valence-corrected chi connectivity index (χ2v) is 5.94. The molecule has 7 heteroatoms. The number of hydrogen-bond acceptors (Lipinski definition) is 5. The number of aryl methyl sites for hydroxylation is 1. The van der Waals surface area contributed by atoms with Crippen molar-refractivity contribution in [3.05, 3.63) is 64.7 Å². The molecule has 0 spiro atoms. The van der Waals surface area contributed by atoms with Gasteiger partial charge >= 0.3 is 5.97 Å². The van der Waals surface area contributed by atoms with Gasteiger partial charge in [0.2, 0.25) is 0 Å². The second kappa shape index (κ2) is 6.44. The van der Waals surface area contributed by atoms with E-state index in [4.69, 9.17) is 10.5 Å². The van der Waals surface area contributed by atoms with Crippen LogP contribution in [0, 0.1) is 6.92 Å². The molecule has 3 rings (SSSR count). The first-order valence-corrected chi connectivity index (χ1v) is 7.90. The summed E-state index contributed by atoms with van der Waals surface area (Å²) >= 11 is 0. The highest BCUT2D eigenvalue weighted by Gasteiger charge is 2.37. The van der Waals surface area contributed by atoms with Gasteiger partial charge in [0.15, 0.2) is 6.10 Å². The summed E-state index contributed by atoms with van der Waals surface area (Å²) in [5.41, 5.74) is 6.71. The van der Waals surface area contributed by atoms with Crippen LogP contribution in [0.5, 0.6) is 0 Å². The maximum absolute atomic E-state index is 12.7. The Morgan fingerprint density at radius 3 is 2.35 bits per heavy atom. The summed E-state index contributed by atoms with van der Waals surface area (Å²) in [5, 5.41) is 0. The van der Waals surface area contributed by atoms with Crippen LogP contribution in [0.1, 0.15) is 43.6 Å². The quantitative estimate of drug-likeness (QED) is 0.667. The maximum atomic E-state index is 12.7. The molecule has 1 atom stereocenters. The van der Waals surface area contributed by atoms with Crippen LogP contribution in [0.25, 0.3) is 0 Å². The van der Waals surface area contributed by atoms with Gasteiger partial charge in [-0.15, -0.1) is 0 Å². The summed E-state index contributed by atoms with van der Waals surface area (Å²) in [6, 6.07) is 11.1. The molecule has 0 bridgehead atoms. The van der Waals surface area contributed by atoms with Gasteiger partial charge in [-0.25, -0.2) is 9.69 Å². The van der Waals surface area contributed by atoms with Crippen LogP contribution in [0.4, 0.5) is 5.69 Å². The number of nitrogens with zero attached hydrogens (tertiary/aromatic N) is 1. The molecule has 1 heterocycles. The molecule has 0 aliphatic carbocycles. The highest BCUT2D eigenvalue weighted by Crippen LogP contribution is 2.31. The number of carbonyl (C=O) groups excluding carboxylic acids is 4. The van der Waals surface area contributed by atoms with Crippen molar-refractivity contribution in [3.63, 3.8) is 0 Å². The topological polar surface area (TPSA) is 107 Å². The van der Waals surface area contributed by atoms with E-state index < -0.39 is 29.8 Å². The van der Waals surface area contributed by atoms with Gasteiger partial charge in [0, 0.05) is 0 Å². The number of fused-ring (bicyclic) bond motifs is 1. The predicted octanol–water partition coefficient (Wildman–Crippen LogP) is 1.83. The Morgan fingerprint density at radius 2 is 1.69 bits per heavy atom. The number of imide groups is 1. The normalized spacial score (nSPS) is 14.2. The standard InChI is InChI=1S/C19H16N2O5/c1-10-5-3-4-6-15(10)21-17(23)13-8-7-12(9-14(13)18(21)24)19(25)26-11(2)16(20)22/h3-9,11H,1-2H3,(H2,20,22)/t11-/m1/s1. The van der Waals surface area contributed by atoms with Crippen LogP contribution in [0.2, 0.25) is 0 Å². The average molecular weight is 352 g/mol. The number of esters is 1. The zero-order chi connectivity index (χ0) is 19.0. The molecule has 0 unspecified atom stereocenters. The lowest BCUT2D eigenvalue weighted by molar-refractivity contribution is -0.125. The first-order valence-electron chi connectivity index (χ1n) is 7.90. The fraction of sp³-hybridized carbons (Fsp3) is 0.158. The van der Waals surface area contributed by atoms with Crippen molar-refractivity contribution in [1.29, 1.82) is 0 Å². The van der Waals surface area contributed by atoms with Crippen molar-refractivity contribution >= 4 is 29.4 Å². The van der Waals surface area contributed by atoms with Crippen molar-refractivity contribution in [2.45, 2.75) is 20.0 Å². The Balaban J connectivity index is 1.95. The molecule has 0 aromatic heterocycles. The Bertz CT molecular complexity index is 951. The van der Waals surface area contributed by atoms with Gasteiger partial charge in [0.1, 0.15) is 0 Å². The van der Waals surface area contributed by atoms with Crippen LogP contribution in [-0.2, 0) is 9.53 Å². The molecule has 0 fully saturated rings. The number of benzene rings is 2. The highest BCUT2D eigenvalue weighted by atomic mass is 16.5. The lowest BCUT2D eigenvalue weighted by atomic mass is 10.1. The summed E-state index contributed by atoms with van der Waals surface area (Å²) in [5.74, 6) is -2.55. The SMILES string of the molecule is Cc1ccccc1N1C(=O)c2ccc(C(=O)O[C@H](C)C(N)=O)cc2C1=O. The van der Waals surface area contributed by atoms with Gasteiger partial charge < -0.3 is 10.5 Å². The number of carbonyl (C=O) groups is 4.